The van der Waals surface area contributed by atoms with E-state index >= 15 is 0 Å². The third-order valence-electron chi connectivity index (χ3n) is 10.6. The van der Waals surface area contributed by atoms with Crippen LogP contribution in [0.25, 0.3) is 54.9 Å². The van der Waals surface area contributed by atoms with Gasteiger partial charge in [-0.15, -0.1) is 165 Å². The first-order valence-electron chi connectivity index (χ1n) is 20.9. The summed E-state index contributed by atoms with van der Waals surface area (Å²) in [5, 5.41) is 5.97. The van der Waals surface area contributed by atoms with Crippen LogP contribution in [0.3, 0.4) is 0 Å². The van der Waals surface area contributed by atoms with E-state index in [0.717, 1.165) is 44.4 Å². The number of fused-ring (bicyclic) bond motifs is 5. The molecule has 0 saturated heterocycles. The number of allylic oxidation sites excluding steroid dienone is 4. The molecular weight excluding hydrogens is 942 g/mol. The van der Waals surface area contributed by atoms with Gasteiger partial charge < -0.3 is 0 Å². The van der Waals surface area contributed by atoms with Crippen molar-refractivity contribution < 1.29 is 24.2 Å². The van der Waals surface area contributed by atoms with Gasteiger partial charge in [0.25, 0.3) is 0 Å². The Bertz CT molecular complexity index is 2620. The first-order valence-corrected chi connectivity index (χ1v) is 23.4. The van der Waals surface area contributed by atoms with Crippen LogP contribution in [0.4, 0.5) is 0 Å². The summed E-state index contributed by atoms with van der Waals surface area (Å²) in [5.74, 6) is 0. The van der Waals surface area contributed by atoms with E-state index in [9.17, 15) is 0 Å². The Morgan fingerprint density at radius 3 is 1.50 bits per heavy atom. The third-order valence-corrected chi connectivity index (χ3v) is 11.1. The second-order valence-corrected chi connectivity index (χ2v) is 18.1. The molecule has 2 aliphatic rings. The molecule has 8 aromatic carbocycles. The number of halogens is 4. The van der Waals surface area contributed by atoms with E-state index in [1.807, 2.05) is 72.8 Å². The molecule has 0 heterocycles. The standard InChI is InChI=1S/C33H33.2C10H6Cl.C5H5.CH2.2ClH.Zr/c1-32(2,3)30-20-26-24(18-28(30)22-13-9-7-10-14-22)17-25-19-29(23-15-11-8-12-16-23)31(21-27(25)26)33(4,5)6;2*11-10-6-5-8-3-1-2-4-9(8)7-10;1-2-4-5-3-1;;;;/h7-16,18,20-21H,17H2,1-6H3;2*1-4,6-7H;1-3H,4H2;1H2;2*1H;/q4*-1;;;;. The van der Waals surface area contributed by atoms with E-state index in [2.05, 4.69) is 155 Å². The Morgan fingerprint density at radius 2 is 1.03 bits per heavy atom. The molecule has 0 aromatic heterocycles. The summed E-state index contributed by atoms with van der Waals surface area (Å²) in [7, 11) is 0. The molecule has 0 bridgehead atoms. The van der Waals surface area contributed by atoms with Gasteiger partial charge in [-0.05, 0) is 49.5 Å². The van der Waals surface area contributed by atoms with E-state index in [1.165, 1.54) is 79.9 Å². The number of hydrogen-bond acceptors (Lipinski definition) is 0. The second-order valence-electron chi connectivity index (χ2n) is 17.2. The summed E-state index contributed by atoms with van der Waals surface area (Å²) in [6, 6.07) is 62.5. The van der Waals surface area contributed by atoms with E-state index in [4.69, 9.17) is 23.2 Å². The van der Waals surface area contributed by atoms with Crippen molar-refractivity contribution in [1.29, 1.82) is 0 Å². The maximum absolute atomic E-state index is 5.79. The van der Waals surface area contributed by atoms with Crippen LogP contribution in [0.5, 0.6) is 0 Å². The summed E-state index contributed by atoms with van der Waals surface area (Å²) >= 11 is 12.9. The van der Waals surface area contributed by atoms with E-state index in [0.29, 0.717) is 0 Å². The number of rotatable bonds is 2. The normalized spacial score (nSPS) is 11.7. The van der Waals surface area contributed by atoms with Gasteiger partial charge in [-0.1, -0.05) is 155 Å². The molecule has 0 nitrogen and oxygen atoms in total. The van der Waals surface area contributed by atoms with Crippen molar-refractivity contribution in [3.8, 4) is 33.4 Å². The molecule has 0 unspecified atom stereocenters. The van der Waals surface area contributed by atoms with Crippen LogP contribution in [-0.2, 0) is 41.5 Å². The van der Waals surface area contributed by atoms with Crippen LogP contribution in [0, 0.1) is 24.3 Å². The molecule has 0 N–H and O–H groups in total. The summed E-state index contributed by atoms with van der Waals surface area (Å²) in [4.78, 5) is 0. The quantitative estimate of drug-likeness (QED) is 0.151. The van der Waals surface area contributed by atoms with Gasteiger partial charge in [0.15, 0.2) is 0 Å². The SMILES string of the molecule is CC(C)(C)c1cc2c([c-]c1-c1ccccc1)Cc1cc(-c3ccccc3)c(C(C)(C)C)cc1-2.Cl.Cl.Clc1c[c-]c2ccccc2c1.Clc1c[c-]c2ccccc2c1.[C-]1=CC=CC1.[CH2]=[Zr]. The summed E-state index contributed by atoms with van der Waals surface area (Å²) < 4.78 is 3.34. The van der Waals surface area contributed by atoms with Crippen LogP contribution in [0.15, 0.2) is 170 Å². The zero-order valence-electron chi connectivity index (χ0n) is 37.4. The molecular formula is C59H54Cl4Zr-4. The number of hydrogen-bond donors (Lipinski definition) is 0. The van der Waals surface area contributed by atoms with Gasteiger partial charge in [0.2, 0.25) is 0 Å². The molecule has 0 fully saturated rings. The van der Waals surface area contributed by atoms with Gasteiger partial charge >= 0.3 is 28.4 Å². The fraction of sp³-hybridized carbons (Fsp3) is 0.169. The average molecular weight is 996 g/mol. The Kier molecular flexibility index (Phi) is 19.8. The molecule has 0 amide bonds. The minimum absolute atomic E-state index is 0. The molecule has 0 saturated carbocycles. The summed E-state index contributed by atoms with van der Waals surface area (Å²) in [5.41, 5.74) is 13.5. The predicted octanol–water partition coefficient (Wildman–Crippen LogP) is 17.7. The molecule has 0 spiro atoms. The predicted molar refractivity (Wildman–Crippen MR) is 281 cm³/mol. The van der Waals surface area contributed by atoms with Crippen LogP contribution in [0.1, 0.15) is 70.2 Å². The molecule has 0 atom stereocenters. The number of benzene rings is 8. The summed E-state index contributed by atoms with van der Waals surface area (Å²) in [6.45, 7) is 13.9. The molecule has 0 aliphatic heterocycles. The van der Waals surface area contributed by atoms with E-state index in [1.54, 1.807) is 12.1 Å². The molecule has 2 aliphatic carbocycles. The fourth-order valence-electron chi connectivity index (χ4n) is 7.62. The van der Waals surface area contributed by atoms with Crippen molar-refractivity contribution in [3.63, 3.8) is 0 Å². The Morgan fingerprint density at radius 1 is 0.547 bits per heavy atom. The fourth-order valence-corrected chi connectivity index (χ4v) is 7.97. The van der Waals surface area contributed by atoms with E-state index < -0.39 is 0 Å². The minimum atomic E-state index is 0. The molecule has 10 rings (SSSR count). The Hall–Kier alpha value is -4.33. The van der Waals surface area contributed by atoms with Crippen molar-refractivity contribution in [2.24, 2.45) is 0 Å². The zero-order valence-corrected chi connectivity index (χ0v) is 43.0. The monoisotopic (exact) mass is 992 g/mol. The molecule has 0 radical (unpaired) electrons. The van der Waals surface area contributed by atoms with Crippen molar-refractivity contribution in [2.45, 2.75) is 65.2 Å². The van der Waals surface area contributed by atoms with Gasteiger partial charge in [0.1, 0.15) is 0 Å². The van der Waals surface area contributed by atoms with Crippen molar-refractivity contribution in [2.75, 3.05) is 0 Å². The van der Waals surface area contributed by atoms with E-state index in [-0.39, 0.29) is 35.6 Å². The second kappa shape index (κ2) is 24.3. The molecule has 64 heavy (non-hydrogen) atoms. The average Bonchev–Trinajstić information content (AvgIpc) is 3.99. The van der Waals surface area contributed by atoms with Crippen LogP contribution in [-0.4, -0.2) is 4.21 Å². The van der Waals surface area contributed by atoms with Gasteiger partial charge in [0.05, 0.1) is 0 Å². The summed E-state index contributed by atoms with van der Waals surface area (Å²) in [6.07, 6.45) is 10.9. The van der Waals surface area contributed by atoms with Crippen molar-refractivity contribution >= 4 is 73.8 Å². The maximum atomic E-state index is 5.79. The van der Waals surface area contributed by atoms with Crippen LogP contribution < -0.4 is 0 Å². The van der Waals surface area contributed by atoms with Crippen molar-refractivity contribution in [3.05, 3.63) is 226 Å². The Labute approximate surface area is 419 Å². The third kappa shape index (κ3) is 13.6. The van der Waals surface area contributed by atoms with Gasteiger partial charge in [-0.2, -0.15) is 6.08 Å². The van der Waals surface area contributed by atoms with Gasteiger partial charge in [-0.25, -0.2) is 12.2 Å². The van der Waals surface area contributed by atoms with Crippen LogP contribution >= 0.6 is 48.0 Å². The zero-order chi connectivity index (χ0) is 44.3. The first kappa shape index (κ1) is 52.3. The van der Waals surface area contributed by atoms with Gasteiger partial charge in [0, 0.05) is 0 Å². The molecule has 326 valence electrons. The Balaban J connectivity index is 0.000000234. The molecule has 5 heteroatoms. The molecule has 8 aromatic rings. The first-order chi connectivity index (χ1) is 29.8. The van der Waals surface area contributed by atoms with Crippen molar-refractivity contribution in [1.82, 2.24) is 0 Å². The topological polar surface area (TPSA) is 0 Å². The van der Waals surface area contributed by atoms with Gasteiger partial charge in [-0.3, -0.25) is 6.08 Å². The van der Waals surface area contributed by atoms with Crippen LogP contribution in [0.2, 0.25) is 10.0 Å².